The molecule has 1 aliphatic rings. The third-order valence-electron chi connectivity index (χ3n) is 1.67. The van der Waals surface area contributed by atoms with Crippen molar-refractivity contribution in [1.29, 1.82) is 0 Å². The summed E-state index contributed by atoms with van der Waals surface area (Å²) < 4.78 is 5.05. The molecule has 0 aliphatic carbocycles. The zero-order chi connectivity index (χ0) is 6.85. The van der Waals surface area contributed by atoms with E-state index in [4.69, 9.17) is 14.9 Å². The molecule has 1 aliphatic heterocycles. The van der Waals surface area contributed by atoms with Gasteiger partial charge in [0.25, 0.3) is 0 Å². The molecule has 0 radical (unpaired) electrons. The number of aliphatic hydroxyl groups is 2. The molecule has 0 aromatic rings. The van der Waals surface area contributed by atoms with Gasteiger partial charge >= 0.3 is 0 Å². The third kappa shape index (κ3) is 1.41. The van der Waals surface area contributed by atoms with Crippen molar-refractivity contribution in [2.75, 3.05) is 6.61 Å². The van der Waals surface area contributed by atoms with Gasteiger partial charge in [-0.25, -0.2) is 0 Å². The Hall–Kier alpha value is -0.120. The zero-order valence-corrected chi connectivity index (χ0v) is 5.45. The Bertz CT molecular complexity index is 84.3. The molecule has 9 heavy (non-hydrogen) atoms. The molecule has 3 nitrogen and oxygen atoms in total. The monoisotopic (exact) mass is 132 g/mol. The highest BCUT2D eigenvalue weighted by Crippen LogP contribution is 2.13. The van der Waals surface area contributed by atoms with Crippen LogP contribution in [0.25, 0.3) is 0 Å². The maximum Gasteiger partial charge on any atom is 0.106 e. The van der Waals surface area contributed by atoms with Crippen LogP contribution < -0.4 is 0 Å². The lowest BCUT2D eigenvalue weighted by Crippen LogP contribution is -2.42. The van der Waals surface area contributed by atoms with Crippen molar-refractivity contribution in [2.45, 2.75) is 31.7 Å². The SMILES string of the molecule is C[C@@H]1OCC[C@@H](O)[C@@H]1O. The lowest BCUT2D eigenvalue weighted by Gasteiger charge is -2.29. The highest BCUT2D eigenvalue weighted by Gasteiger charge is 2.27. The summed E-state index contributed by atoms with van der Waals surface area (Å²) in [4.78, 5) is 0. The van der Waals surface area contributed by atoms with Crippen molar-refractivity contribution in [1.82, 2.24) is 0 Å². The topological polar surface area (TPSA) is 49.7 Å². The average Bonchev–Trinajstić information content (AvgIpc) is 1.83. The minimum absolute atomic E-state index is 0.214. The van der Waals surface area contributed by atoms with E-state index in [0.717, 1.165) is 0 Å². The van der Waals surface area contributed by atoms with Gasteiger partial charge in [0.05, 0.1) is 12.2 Å². The number of rotatable bonds is 0. The smallest absolute Gasteiger partial charge is 0.106 e. The van der Waals surface area contributed by atoms with Crippen molar-refractivity contribution in [3.05, 3.63) is 0 Å². The van der Waals surface area contributed by atoms with Crippen LogP contribution >= 0.6 is 0 Å². The number of ether oxygens (including phenoxy) is 1. The largest absolute Gasteiger partial charge is 0.390 e. The Labute approximate surface area is 54.3 Å². The molecule has 1 heterocycles. The van der Waals surface area contributed by atoms with E-state index in [1.165, 1.54) is 0 Å². The maximum atomic E-state index is 9.07. The lowest BCUT2D eigenvalue weighted by molar-refractivity contribution is -0.127. The van der Waals surface area contributed by atoms with Gasteiger partial charge in [0.2, 0.25) is 0 Å². The van der Waals surface area contributed by atoms with E-state index < -0.39 is 12.2 Å². The molecule has 0 aromatic heterocycles. The summed E-state index contributed by atoms with van der Waals surface area (Å²) in [5, 5.41) is 18.1. The van der Waals surface area contributed by atoms with Crippen molar-refractivity contribution in [3.63, 3.8) is 0 Å². The fraction of sp³-hybridized carbons (Fsp3) is 1.00. The second kappa shape index (κ2) is 2.64. The fourth-order valence-electron chi connectivity index (χ4n) is 0.957. The average molecular weight is 132 g/mol. The van der Waals surface area contributed by atoms with E-state index in [0.29, 0.717) is 13.0 Å². The molecular formula is C6H12O3. The molecule has 0 spiro atoms. The summed E-state index contributed by atoms with van der Waals surface area (Å²) in [5.41, 5.74) is 0. The van der Waals surface area contributed by atoms with Gasteiger partial charge in [0.15, 0.2) is 0 Å². The van der Waals surface area contributed by atoms with Gasteiger partial charge in [-0.1, -0.05) is 0 Å². The lowest BCUT2D eigenvalue weighted by atomic mass is 10.0. The van der Waals surface area contributed by atoms with Gasteiger partial charge in [-0.3, -0.25) is 0 Å². The van der Waals surface area contributed by atoms with E-state index in [1.807, 2.05) is 0 Å². The standard InChI is InChI=1S/C6H12O3/c1-4-6(8)5(7)2-3-9-4/h4-8H,2-3H2,1H3/t4-,5+,6+/m0/s1. The Morgan fingerprint density at radius 1 is 1.44 bits per heavy atom. The summed E-state index contributed by atoms with van der Waals surface area (Å²) in [6, 6.07) is 0. The zero-order valence-electron chi connectivity index (χ0n) is 5.45. The van der Waals surface area contributed by atoms with Gasteiger partial charge in [-0.05, 0) is 13.3 Å². The van der Waals surface area contributed by atoms with Crippen LogP contribution in [0.1, 0.15) is 13.3 Å². The van der Waals surface area contributed by atoms with E-state index in [-0.39, 0.29) is 6.10 Å². The van der Waals surface area contributed by atoms with Crippen LogP contribution in [0.5, 0.6) is 0 Å². The van der Waals surface area contributed by atoms with Crippen LogP contribution in [-0.2, 0) is 4.74 Å². The van der Waals surface area contributed by atoms with Crippen LogP contribution in [0.15, 0.2) is 0 Å². The van der Waals surface area contributed by atoms with Gasteiger partial charge in [0.1, 0.15) is 6.10 Å². The first-order chi connectivity index (χ1) is 4.22. The number of hydrogen-bond acceptors (Lipinski definition) is 3. The molecule has 0 aromatic carbocycles. The first-order valence-electron chi connectivity index (χ1n) is 3.19. The maximum absolute atomic E-state index is 9.07. The van der Waals surface area contributed by atoms with Crippen LogP contribution in [0.4, 0.5) is 0 Å². The second-order valence-corrected chi connectivity index (χ2v) is 2.42. The molecule has 1 saturated heterocycles. The molecule has 0 unspecified atom stereocenters. The molecule has 0 bridgehead atoms. The summed E-state index contributed by atoms with van der Waals surface area (Å²) in [7, 11) is 0. The van der Waals surface area contributed by atoms with Crippen LogP contribution in [0, 0.1) is 0 Å². The Kier molecular flexibility index (Phi) is 2.05. The summed E-state index contributed by atoms with van der Waals surface area (Å²) in [6.07, 6.45) is -0.952. The summed E-state index contributed by atoms with van der Waals surface area (Å²) in [5.74, 6) is 0. The summed E-state index contributed by atoms with van der Waals surface area (Å²) >= 11 is 0. The Balaban J connectivity index is 2.41. The van der Waals surface area contributed by atoms with E-state index in [1.54, 1.807) is 6.92 Å². The quantitative estimate of drug-likeness (QED) is 0.468. The normalized spacial score (nSPS) is 45.0. The molecule has 0 amide bonds. The number of aliphatic hydroxyl groups excluding tert-OH is 2. The molecule has 54 valence electrons. The number of hydrogen-bond donors (Lipinski definition) is 2. The van der Waals surface area contributed by atoms with Crippen molar-refractivity contribution < 1.29 is 14.9 Å². The predicted octanol–water partition coefficient (Wildman–Crippen LogP) is -0.483. The molecule has 0 saturated carbocycles. The van der Waals surface area contributed by atoms with Gasteiger partial charge in [-0.2, -0.15) is 0 Å². The molecule has 3 atom stereocenters. The van der Waals surface area contributed by atoms with Crippen molar-refractivity contribution in [3.8, 4) is 0 Å². The van der Waals surface area contributed by atoms with Gasteiger partial charge in [-0.15, -0.1) is 0 Å². The third-order valence-corrected chi connectivity index (χ3v) is 1.67. The highest BCUT2D eigenvalue weighted by molar-refractivity contribution is 4.77. The highest BCUT2D eigenvalue weighted by atomic mass is 16.5. The van der Waals surface area contributed by atoms with E-state index >= 15 is 0 Å². The minimum Gasteiger partial charge on any atom is -0.390 e. The van der Waals surface area contributed by atoms with E-state index in [2.05, 4.69) is 0 Å². The predicted molar refractivity (Wildman–Crippen MR) is 32.0 cm³/mol. The molecule has 1 fully saturated rings. The Morgan fingerprint density at radius 2 is 2.11 bits per heavy atom. The molecule has 3 heteroatoms. The summed E-state index contributed by atoms with van der Waals surface area (Å²) in [6.45, 7) is 2.31. The Morgan fingerprint density at radius 3 is 2.56 bits per heavy atom. The van der Waals surface area contributed by atoms with Crippen LogP contribution in [0.3, 0.4) is 0 Å². The first-order valence-corrected chi connectivity index (χ1v) is 3.19. The molecular weight excluding hydrogens is 120 g/mol. The van der Waals surface area contributed by atoms with Gasteiger partial charge < -0.3 is 14.9 Å². The van der Waals surface area contributed by atoms with E-state index in [9.17, 15) is 0 Å². The van der Waals surface area contributed by atoms with Crippen LogP contribution in [0.2, 0.25) is 0 Å². The van der Waals surface area contributed by atoms with Gasteiger partial charge in [0, 0.05) is 6.61 Å². The fourth-order valence-corrected chi connectivity index (χ4v) is 0.957. The minimum atomic E-state index is -0.696. The molecule has 1 rings (SSSR count). The van der Waals surface area contributed by atoms with Crippen molar-refractivity contribution >= 4 is 0 Å². The molecule has 2 N–H and O–H groups in total. The second-order valence-electron chi connectivity index (χ2n) is 2.42. The van der Waals surface area contributed by atoms with Crippen molar-refractivity contribution in [2.24, 2.45) is 0 Å². The first kappa shape index (κ1) is 6.99. The van der Waals surface area contributed by atoms with Crippen LogP contribution in [-0.4, -0.2) is 35.1 Å².